The number of anilines is 1. The third-order valence-electron chi connectivity index (χ3n) is 5.60. The van der Waals surface area contributed by atoms with E-state index >= 15 is 0 Å². The predicted molar refractivity (Wildman–Crippen MR) is 140 cm³/mol. The number of allylic oxidation sites excluding steroid dienone is 1. The average molecular weight is 489 g/mol. The Labute approximate surface area is 205 Å². The minimum atomic E-state index is -0.249. The quantitative estimate of drug-likeness (QED) is 0.257. The van der Waals surface area contributed by atoms with Gasteiger partial charge >= 0.3 is 0 Å². The number of aromatic nitrogens is 1. The molecule has 2 aromatic heterocycles. The summed E-state index contributed by atoms with van der Waals surface area (Å²) in [6, 6.07) is 17.5. The summed E-state index contributed by atoms with van der Waals surface area (Å²) in [5, 5.41) is 5.05. The Morgan fingerprint density at radius 2 is 1.94 bits per heavy atom. The molecule has 34 heavy (non-hydrogen) atoms. The summed E-state index contributed by atoms with van der Waals surface area (Å²) >= 11 is 7.50. The Hall–Kier alpha value is -3.61. The number of carbonyl (C=O) groups is 1. The average Bonchev–Trinajstić information content (AvgIpc) is 3.41. The van der Waals surface area contributed by atoms with E-state index in [0.717, 1.165) is 43.4 Å². The molecule has 1 N–H and O–H groups in total. The van der Waals surface area contributed by atoms with Crippen LogP contribution in [0.25, 0.3) is 37.9 Å². The van der Waals surface area contributed by atoms with E-state index < -0.39 is 0 Å². The fourth-order valence-electron chi connectivity index (χ4n) is 3.89. The van der Waals surface area contributed by atoms with Crippen LogP contribution in [0.2, 0.25) is 5.02 Å². The molecule has 0 aliphatic heterocycles. The molecular weight excluding hydrogens is 468 g/mol. The van der Waals surface area contributed by atoms with Gasteiger partial charge in [-0.15, -0.1) is 0 Å². The smallest absolute Gasteiger partial charge is 0.250 e. The van der Waals surface area contributed by atoms with E-state index in [1.807, 2.05) is 62.4 Å². The summed E-state index contributed by atoms with van der Waals surface area (Å²) in [7, 11) is 1.60. The largest absolute Gasteiger partial charge is 0.496 e. The van der Waals surface area contributed by atoms with Crippen molar-refractivity contribution in [3.8, 4) is 16.9 Å². The number of rotatable bonds is 5. The van der Waals surface area contributed by atoms with Crippen molar-refractivity contribution in [2.45, 2.75) is 13.8 Å². The van der Waals surface area contributed by atoms with Crippen LogP contribution in [0.5, 0.6) is 5.75 Å². The van der Waals surface area contributed by atoms with Crippen LogP contribution in [0, 0.1) is 6.92 Å². The summed E-state index contributed by atoms with van der Waals surface area (Å²) in [6.07, 6.45) is 3.28. The third kappa shape index (κ3) is 4.30. The molecule has 0 spiro atoms. The zero-order valence-electron chi connectivity index (χ0n) is 18.8. The lowest BCUT2D eigenvalue weighted by molar-refractivity contribution is -0.111. The van der Waals surface area contributed by atoms with Crippen molar-refractivity contribution in [3.05, 3.63) is 83.1 Å². The van der Waals surface area contributed by atoms with Crippen LogP contribution in [-0.2, 0) is 4.79 Å². The minimum Gasteiger partial charge on any atom is -0.496 e. The van der Waals surface area contributed by atoms with Gasteiger partial charge in [0.15, 0.2) is 5.13 Å². The minimum absolute atomic E-state index is 0.249. The molecule has 0 bridgehead atoms. The molecule has 0 atom stereocenters. The topological polar surface area (TPSA) is 64.4 Å². The molecule has 0 aliphatic rings. The fourth-order valence-corrected chi connectivity index (χ4v) is 4.98. The van der Waals surface area contributed by atoms with E-state index in [0.29, 0.717) is 21.5 Å². The molecule has 7 heteroatoms. The predicted octanol–water partition coefficient (Wildman–Crippen LogP) is 7.72. The lowest BCUT2D eigenvalue weighted by atomic mass is 9.99. The molecule has 0 aliphatic carbocycles. The van der Waals surface area contributed by atoms with Crippen molar-refractivity contribution >= 4 is 60.7 Å². The zero-order valence-corrected chi connectivity index (χ0v) is 20.4. The Bertz CT molecular complexity index is 1560. The normalized spacial score (nSPS) is 11.8. The number of fused-ring (bicyclic) bond motifs is 2. The van der Waals surface area contributed by atoms with Crippen molar-refractivity contribution < 1.29 is 13.9 Å². The van der Waals surface area contributed by atoms with Gasteiger partial charge in [-0.2, -0.15) is 0 Å². The Kier molecular flexibility index (Phi) is 5.86. The van der Waals surface area contributed by atoms with Crippen molar-refractivity contribution in [3.63, 3.8) is 0 Å². The molecular formula is C27H21ClN2O3S. The number of aryl methyl sites for hydroxylation is 1. The Morgan fingerprint density at radius 1 is 1.15 bits per heavy atom. The number of halogens is 1. The highest BCUT2D eigenvalue weighted by molar-refractivity contribution is 7.22. The van der Waals surface area contributed by atoms with E-state index in [-0.39, 0.29) is 5.91 Å². The molecule has 170 valence electrons. The van der Waals surface area contributed by atoms with Gasteiger partial charge in [0.2, 0.25) is 5.91 Å². The van der Waals surface area contributed by atoms with Crippen LogP contribution < -0.4 is 10.1 Å². The fraction of sp³-hybridized carbons (Fsp3) is 0.111. The maximum absolute atomic E-state index is 12.8. The van der Waals surface area contributed by atoms with E-state index in [4.69, 9.17) is 20.8 Å². The summed E-state index contributed by atoms with van der Waals surface area (Å²) < 4.78 is 12.4. The first-order chi connectivity index (χ1) is 16.4. The van der Waals surface area contributed by atoms with E-state index in [1.54, 1.807) is 19.4 Å². The van der Waals surface area contributed by atoms with Crippen LogP contribution in [0.3, 0.4) is 0 Å². The number of benzene rings is 3. The first-order valence-electron chi connectivity index (χ1n) is 10.6. The monoisotopic (exact) mass is 488 g/mol. The van der Waals surface area contributed by atoms with E-state index in [2.05, 4.69) is 16.4 Å². The van der Waals surface area contributed by atoms with Gasteiger partial charge in [0.25, 0.3) is 0 Å². The van der Waals surface area contributed by atoms with Crippen LogP contribution in [0.15, 0.2) is 71.4 Å². The van der Waals surface area contributed by atoms with Crippen LogP contribution >= 0.6 is 22.9 Å². The lowest BCUT2D eigenvalue weighted by Crippen LogP contribution is -2.08. The molecule has 5 aromatic rings. The lowest BCUT2D eigenvalue weighted by Gasteiger charge is -2.10. The number of furan rings is 1. The number of amides is 1. The maximum atomic E-state index is 12.8. The molecule has 5 nitrogen and oxygen atoms in total. The number of carbonyl (C=O) groups excluding carboxylic acids is 1. The molecule has 0 radical (unpaired) electrons. The summed E-state index contributed by atoms with van der Waals surface area (Å²) in [4.78, 5) is 17.3. The first-order valence-corrected chi connectivity index (χ1v) is 11.8. The van der Waals surface area contributed by atoms with E-state index in [9.17, 15) is 4.79 Å². The third-order valence-corrected chi connectivity index (χ3v) is 6.78. The summed E-state index contributed by atoms with van der Waals surface area (Å²) in [6.45, 7) is 3.92. The molecule has 0 fully saturated rings. The number of nitrogens with zero attached hydrogens (tertiary/aromatic N) is 1. The van der Waals surface area contributed by atoms with Crippen molar-refractivity contribution in [1.82, 2.24) is 4.98 Å². The number of nitrogens with one attached hydrogen (secondary N) is 1. The van der Waals surface area contributed by atoms with Crippen LogP contribution in [0.4, 0.5) is 5.13 Å². The van der Waals surface area contributed by atoms with Crippen molar-refractivity contribution in [2.24, 2.45) is 0 Å². The second-order valence-corrected chi connectivity index (χ2v) is 9.48. The number of thiazole rings is 1. The molecule has 0 saturated carbocycles. The number of methoxy groups -OCH3 is 1. The highest BCUT2D eigenvalue weighted by Gasteiger charge is 2.15. The van der Waals surface area contributed by atoms with Crippen LogP contribution in [-0.4, -0.2) is 18.0 Å². The SMILES string of the molecule is COc1cc2occ(-c3ccc(Cl)cc3)c2cc1/C(C)=C/C(=O)Nc1nc2ccc(C)cc2s1. The number of ether oxygens (including phenoxy) is 1. The molecule has 1 amide bonds. The van der Waals surface area contributed by atoms with Gasteiger partial charge in [-0.05, 0) is 60.9 Å². The van der Waals surface area contributed by atoms with Gasteiger partial charge in [-0.1, -0.05) is 41.1 Å². The van der Waals surface area contributed by atoms with Gasteiger partial charge in [-0.3, -0.25) is 10.1 Å². The second-order valence-electron chi connectivity index (χ2n) is 8.01. The molecule has 3 aromatic carbocycles. The highest BCUT2D eigenvalue weighted by atomic mass is 35.5. The van der Waals surface area contributed by atoms with Crippen LogP contribution in [0.1, 0.15) is 18.1 Å². The molecule has 0 saturated heterocycles. The van der Waals surface area contributed by atoms with Crippen molar-refractivity contribution in [2.75, 3.05) is 12.4 Å². The second kappa shape index (κ2) is 8.97. The molecule has 0 unspecified atom stereocenters. The van der Waals surface area contributed by atoms with Gasteiger partial charge in [-0.25, -0.2) is 4.98 Å². The zero-order chi connectivity index (χ0) is 23.8. The van der Waals surface area contributed by atoms with Gasteiger partial charge in [0, 0.05) is 33.7 Å². The van der Waals surface area contributed by atoms with E-state index in [1.165, 1.54) is 11.3 Å². The maximum Gasteiger partial charge on any atom is 0.250 e. The van der Waals surface area contributed by atoms with Crippen molar-refractivity contribution in [1.29, 1.82) is 0 Å². The first kappa shape index (κ1) is 22.2. The summed E-state index contributed by atoms with van der Waals surface area (Å²) in [5.74, 6) is 0.377. The summed E-state index contributed by atoms with van der Waals surface area (Å²) in [5.41, 5.74) is 6.23. The Morgan fingerprint density at radius 3 is 2.71 bits per heavy atom. The Balaban J connectivity index is 1.47. The standard InChI is InChI=1S/C27H21ClN2O3S/c1-15-4-9-22-25(10-15)34-27(29-22)30-26(31)11-16(2)19-12-20-21(17-5-7-18(28)8-6-17)14-33-24(20)13-23(19)32-3/h4-14H,1-3H3,(H,29,30,31)/b16-11+. The van der Waals surface area contributed by atoms with Gasteiger partial charge < -0.3 is 9.15 Å². The molecule has 5 rings (SSSR count). The number of hydrogen-bond donors (Lipinski definition) is 1. The van der Waals surface area contributed by atoms with Gasteiger partial charge in [0.1, 0.15) is 11.3 Å². The molecule has 2 heterocycles. The van der Waals surface area contributed by atoms with Gasteiger partial charge in [0.05, 0.1) is 23.6 Å². The highest BCUT2D eigenvalue weighted by Crippen LogP contribution is 2.37. The number of hydrogen-bond acceptors (Lipinski definition) is 5.